The van der Waals surface area contributed by atoms with E-state index in [2.05, 4.69) is 5.32 Å². The average Bonchev–Trinajstić information content (AvgIpc) is 2.88. The van der Waals surface area contributed by atoms with Gasteiger partial charge in [0, 0.05) is 34.4 Å². The average molecular weight is 322 g/mol. The molecule has 0 radical (unpaired) electrons. The molecule has 1 fully saturated rings. The lowest BCUT2D eigenvalue weighted by molar-refractivity contribution is -0.122. The number of nitrogens with one attached hydrogen (secondary N) is 2. The van der Waals surface area contributed by atoms with Gasteiger partial charge in [-0.05, 0) is 12.1 Å². The van der Waals surface area contributed by atoms with Gasteiger partial charge in [-0.2, -0.15) is 0 Å². The number of amides is 3. The molecule has 1 heterocycles. The molecule has 0 aromatic heterocycles. The highest BCUT2D eigenvalue weighted by Gasteiger charge is 2.56. The first-order valence-electron chi connectivity index (χ1n) is 6.47. The number of carbonyl (C=O) groups is 2. The molecule has 2 N–H and O–H groups in total. The standard InChI is InChI=1S/C15H6F4N2O2/c16-5-1-7-11(9(18)3-5)12-8(2-6(17)4-10(12)19)15(7)13(22)20-14(23)21-15/h1-4H,(H2,20,21,22,23). The van der Waals surface area contributed by atoms with Gasteiger partial charge in [0.25, 0.3) is 5.91 Å². The highest BCUT2D eigenvalue weighted by molar-refractivity contribution is 6.13. The van der Waals surface area contributed by atoms with Crippen LogP contribution in [-0.4, -0.2) is 11.9 Å². The SMILES string of the molecule is O=C1NC(=O)C2(N1)c1cc(F)cc(F)c1-c1c(F)cc(F)cc12. The van der Waals surface area contributed by atoms with Crippen LogP contribution in [0.15, 0.2) is 24.3 Å². The van der Waals surface area contributed by atoms with Crippen molar-refractivity contribution < 1.29 is 27.2 Å². The fraction of sp³-hybridized carbons (Fsp3) is 0.0667. The first-order valence-corrected chi connectivity index (χ1v) is 6.47. The predicted molar refractivity (Wildman–Crippen MR) is 69.2 cm³/mol. The van der Waals surface area contributed by atoms with Crippen molar-refractivity contribution in [3.05, 3.63) is 58.7 Å². The summed E-state index contributed by atoms with van der Waals surface area (Å²) in [7, 11) is 0. The molecule has 4 nitrogen and oxygen atoms in total. The smallest absolute Gasteiger partial charge is 0.316 e. The van der Waals surface area contributed by atoms with Gasteiger partial charge in [-0.1, -0.05) is 0 Å². The lowest BCUT2D eigenvalue weighted by Crippen LogP contribution is -2.43. The van der Waals surface area contributed by atoms with Crippen molar-refractivity contribution in [1.82, 2.24) is 10.6 Å². The molecule has 0 saturated carbocycles. The molecule has 2 aromatic carbocycles. The number of carbonyl (C=O) groups excluding carboxylic acids is 2. The summed E-state index contributed by atoms with van der Waals surface area (Å²) in [5.74, 6) is -5.21. The maximum Gasteiger partial charge on any atom is 0.322 e. The highest BCUT2D eigenvalue weighted by atomic mass is 19.1. The third-order valence-electron chi connectivity index (χ3n) is 4.04. The van der Waals surface area contributed by atoms with Crippen LogP contribution in [0, 0.1) is 23.3 Å². The minimum Gasteiger partial charge on any atom is -0.316 e. The molecule has 1 aliphatic heterocycles. The van der Waals surface area contributed by atoms with Crippen molar-refractivity contribution in [3.8, 4) is 11.1 Å². The molecule has 1 saturated heterocycles. The van der Waals surface area contributed by atoms with Crippen LogP contribution in [0.5, 0.6) is 0 Å². The summed E-state index contributed by atoms with van der Waals surface area (Å²) in [6.45, 7) is 0. The van der Waals surface area contributed by atoms with Crippen molar-refractivity contribution in [2.75, 3.05) is 0 Å². The number of urea groups is 1. The molecule has 2 aromatic rings. The van der Waals surface area contributed by atoms with Gasteiger partial charge in [-0.25, -0.2) is 22.4 Å². The third-order valence-corrected chi connectivity index (χ3v) is 4.04. The zero-order chi connectivity index (χ0) is 16.5. The molecular formula is C15H6F4N2O2. The molecule has 1 aliphatic carbocycles. The Hall–Kier alpha value is -2.90. The second-order valence-corrected chi connectivity index (χ2v) is 5.28. The minimum atomic E-state index is -2.06. The first-order chi connectivity index (χ1) is 10.8. The molecule has 3 amide bonds. The highest BCUT2D eigenvalue weighted by Crippen LogP contribution is 2.51. The number of hydrogen-bond acceptors (Lipinski definition) is 2. The molecule has 23 heavy (non-hydrogen) atoms. The Morgan fingerprint density at radius 3 is 1.65 bits per heavy atom. The van der Waals surface area contributed by atoms with E-state index in [0.29, 0.717) is 12.1 Å². The van der Waals surface area contributed by atoms with Crippen molar-refractivity contribution >= 4 is 11.9 Å². The van der Waals surface area contributed by atoms with Crippen LogP contribution in [0.2, 0.25) is 0 Å². The zero-order valence-corrected chi connectivity index (χ0v) is 11.1. The fourth-order valence-corrected chi connectivity index (χ4v) is 3.23. The Labute approximate surface area is 126 Å². The Morgan fingerprint density at radius 2 is 1.26 bits per heavy atom. The van der Waals surface area contributed by atoms with Gasteiger partial charge in [-0.15, -0.1) is 0 Å². The van der Waals surface area contributed by atoms with E-state index >= 15 is 0 Å². The Balaban J connectivity index is 2.20. The van der Waals surface area contributed by atoms with Gasteiger partial charge >= 0.3 is 6.03 Å². The van der Waals surface area contributed by atoms with Gasteiger partial charge in [0.05, 0.1) is 0 Å². The zero-order valence-electron chi connectivity index (χ0n) is 11.1. The van der Waals surface area contributed by atoms with Crippen molar-refractivity contribution in [3.63, 3.8) is 0 Å². The second-order valence-electron chi connectivity index (χ2n) is 5.28. The van der Waals surface area contributed by atoms with Crippen LogP contribution in [-0.2, 0) is 10.3 Å². The van der Waals surface area contributed by atoms with E-state index in [1.807, 2.05) is 5.32 Å². The van der Waals surface area contributed by atoms with E-state index < -0.39 is 40.7 Å². The Morgan fingerprint density at radius 1 is 0.783 bits per heavy atom. The summed E-state index contributed by atoms with van der Waals surface area (Å²) in [6, 6.07) is 1.77. The van der Waals surface area contributed by atoms with Crippen LogP contribution in [0.3, 0.4) is 0 Å². The van der Waals surface area contributed by atoms with E-state index in [4.69, 9.17) is 0 Å². The first kappa shape index (κ1) is 13.7. The lowest BCUT2D eigenvalue weighted by atomic mass is 9.87. The third kappa shape index (κ3) is 1.55. The maximum atomic E-state index is 14.2. The van der Waals surface area contributed by atoms with Gasteiger partial charge in [0.1, 0.15) is 23.3 Å². The summed E-state index contributed by atoms with van der Waals surface area (Å²) in [4.78, 5) is 23.9. The van der Waals surface area contributed by atoms with Crippen molar-refractivity contribution in [2.24, 2.45) is 0 Å². The summed E-state index contributed by atoms with van der Waals surface area (Å²) in [6.07, 6.45) is 0. The molecule has 0 unspecified atom stereocenters. The topological polar surface area (TPSA) is 58.2 Å². The van der Waals surface area contributed by atoms with Crippen molar-refractivity contribution in [1.29, 1.82) is 0 Å². The molecule has 4 rings (SSSR count). The number of fused-ring (bicyclic) bond motifs is 5. The normalized spacial score (nSPS) is 17.0. The van der Waals surface area contributed by atoms with Crippen LogP contribution >= 0.6 is 0 Å². The van der Waals surface area contributed by atoms with E-state index in [1.165, 1.54) is 0 Å². The number of imide groups is 1. The van der Waals surface area contributed by atoms with Crippen LogP contribution in [0.25, 0.3) is 11.1 Å². The number of halogens is 4. The monoisotopic (exact) mass is 322 g/mol. The van der Waals surface area contributed by atoms with E-state index in [9.17, 15) is 27.2 Å². The van der Waals surface area contributed by atoms with Gasteiger partial charge in [0.15, 0.2) is 5.54 Å². The van der Waals surface area contributed by atoms with Crippen LogP contribution < -0.4 is 10.6 Å². The molecule has 0 atom stereocenters. The number of hydrogen-bond donors (Lipinski definition) is 2. The van der Waals surface area contributed by atoms with E-state index in [-0.39, 0.29) is 22.3 Å². The fourth-order valence-electron chi connectivity index (χ4n) is 3.23. The number of benzene rings is 2. The second kappa shape index (κ2) is 4.09. The van der Waals surface area contributed by atoms with Crippen molar-refractivity contribution in [2.45, 2.75) is 5.54 Å². The molecule has 1 spiro atoms. The minimum absolute atomic E-state index is 0.280. The summed E-state index contributed by atoms with van der Waals surface area (Å²) in [5.41, 5.74) is -3.38. The van der Waals surface area contributed by atoms with Gasteiger partial charge in [0.2, 0.25) is 0 Å². The molecule has 116 valence electrons. The maximum absolute atomic E-state index is 14.2. The predicted octanol–water partition coefficient (Wildman–Crippen LogP) is 2.31. The quantitative estimate of drug-likeness (QED) is 0.578. The molecule has 2 aliphatic rings. The largest absolute Gasteiger partial charge is 0.322 e. The summed E-state index contributed by atoms with van der Waals surface area (Å²) in [5, 5.41) is 4.16. The summed E-state index contributed by atoms with van der Waals surface area (Å²) >= 11 is 0. The molecular weight excluding hydrogens is 316 g/mol. The van der Waals surface area contributed by atoms with Gasteiger partial charge < -0.3 is 5.32 Å². The number of rotatable bonds is 0. The lowest BCUT2D eigenvalue weighted by Gasteiger charge is -2.23. The van der Waals surface area contributed by atoms with E-state index in [0.717, 1.165) is 12.1 Å². The summed E-state index contributed by atoms with van der Waals surface area (Å²) < 4.78 is 55.7. The van der Waals surface area contributed by atoms with Crippen LogP contribution in [0.4, 0.5) is 22.4 Å². The van der Waals surface area contributed by atoms with Gasteiger partial charge in [-0.3, -0.25) is 10.1 Å². The van der Waals surface area contributed by atoms with Crippen LogP contribution in [0.1, 0.15) is 11.1 Å². The van der Waals surface area contributed by atoms with E-state index in [1.54, 1.807) is 0 Å². The Kier molecular flexibility index (Phi) is 2.45. The molecule has 0 bridgehead atoms. The Bertz CT molecular complexity index is 869. The molecule has 8 heteroatoms.